The Labute approximate surface area is 106 Å². The lowest BCUT2D eigenvalue weighted by atomic mass is 10.1. The topological polar surface area (TPSA) is 61.9 Å². The third kappa shape index (κ3) is 2.96. The fourth-order valence-electron chi connectivity index (χ4n) is 1.60. The van der Waals surface area contributed by atoms with E-state index in [0.717, 1.165) is 24.2 Å². The standard InChI is InChI=1S/C14H15N3O/c1-2-7-16-9-13-10-18-14(17-13)12-5-3-11(8-15)4-6-12/h3-6,10,16H,2,7,9H2,1H3. The highest BCUT2D eigenvalue weighted by Crippen LogP contribution is 2.18. The zero-order valence-corrected chi connectivity index (χ0v) is 10.3. The summed E-state index contributed by atoms with van der Waals surface area (Å²) >= 11 is 0. The largest absolute Gasteiger partial charge is 0.444 e. The Hall–Kier alpha value is -2.12. The monoisotopic (exact) mass is 241 g/mol. The average Bonchev–Trinajstić information content (AvgIpc) is 2.88. The Bertz CT molecular complexity index is 537. The van der Waals surface area contributed by atoms with E-state index in [1.54, 1.807) is 18.4 Å². The summed E-state index contributed by atoms with van der Waals surface area (Å²) in [7, 11) is 0. The first-order chi connectivity index (χ1) is 8.83. The molecule has 0 aliphatic heterocycles. The van der Waals surface area contributed by atoms with E-state index in [1.807, 2.05) is 12.1 Å². The molecule has 0 unspecified atom stereocenters. The summed E-state index contributed by atoms with van der Waals surface area (Å²) < 4.78 is 5.42. The van der Waals surface area contributed by atoms with Crippen LogP contribution in [-0.4, -0.2) is 11.5 Å². The summed E-state index contributed by atoms with van der Waals surface area (Å²) in [5.41, 5.74) is 2.41. The lowest BCUT2D eigenvalue weighted by Gasteiger charge is -1.97. The Morgan fingerprint density at radius 1 is 1.33 bits per heavy atom. The van der Waals surface area contributed by atoms with Crippen LogP contribution >= 0.6 is 0 Å². The molecule has 0 saturated carbocycles. The Kier molecular flexibility index (Phi) is 4.11. The van der Waals surface area contributed by atoms with Crippen molar-refractivity contribution in [2.45, 2.75) is 19.9 Å². The van der Waals surface area contributed by atoms with Crippen LogP contribution in [-0.2, 0) is 6.54 Å². The first-order valence-electron chi connectivity index (χ1n) is 5.99. The summed E-state index contributed by atoms with van der Waals surface area (Å²) in [6.45, 7) is 3.81. The number of oxazole rings is 1. The van der Waals surface area contributed by atoms with Crippen LogP contribution in [0.2, 0.25) is 0 Å². The van der Waals surface area contributed by atoms with Gasteiger partial charge in [0.05, 0.1) is 17.3 Å². The smallest absolute Gasteiger partial charge is 0.226 e. The first-order valence-corrected chi connectivity index (χ1v) is 5.99. The molecule has 0 atom stereocenters. The molecule has 92 valence electrons. The van der Waals surface area contributed by atoms with Crippen LogP contribution < -0.4 is 5.32 Å². The van der Waals surface area contributed by atoms with E-state index < -0.39 is 0 Å². The van der Waals surface area contributed by atoms with E-state index in [-0.39, 0.29) is 0 Å². The van der Waals surface area contributed by atoms with E-state index in [4.69, 9.17) is 9.68 Å². The Morgan fingerprint density at radius 3 is 2.78 bits per heavy atom. The molecule has 18 heavy (non-hydrogen) atoms. The van der Waals surface area contributed by atoms with Gasteiger partial charge in [-0.05, 0) is 37.2 Å². The van der Waals surface area contributed by atoms with Crippen LogP contribution in [0.3, 0.4) is 0 Å². The molecular formula is C14H15N3O. The highest BCUT2D eigenvalue weighted by Gasteiger charge is 2.06. The third-order valence-electron chi connectivity index (χ3n) is 2.55. The minimum atomic E-state index is 0.591. The maximum Gasteiger partial charge on any atom is 0.226 e. The number of nitrogens with one attached hydrogen (secondary N) is 1. The Balaban J connectivity index is 2.06. The minimum absolute atomic E-state index is 0.591. The van der Waals surface area contributed by atoms with Gasteiger partial charge in [-0.25, -0.2) is 4.98 Å². The summed E-state index contributed by atoms with van der Waals surface area (Å²) in [6, 6.07) is 9.28. The predicted molar refractivity (Wildman–Crippen MR) is 68.7 cm³/mol. The number of nitriles is 1. The minimum Gasteiger partial charge on any atom is -0.444 e. The van der Waals surface area contributed by atoms with Crippen molar-refractivity contribution >= 4 is 0 Å². The van der Waals surface area contributed by atoms with Gasteiger partial charge in [0.1, 0.15) is 6.26 Å². The number of benzene rings is 1. The van der Waals surface area contributed by atoms with Gasteiger partial charge in [0.25, 0.3) is 0 Å². The summed E-state index contributed by atoms with van der Waals surface area (Å²) in [5, 5.41) is 12.0. The second-order valence-corrected chi connectivity index (χ2v) is 4.01. The fraction of sp³-hybridized carbons (Fsp3) is 0.286. The zero-order chi connectivity index (χ0) is 12.8. The van der Waals surface area contributed by atoms with E-state index >= 15 is 0 Å². The molecule has 1 heterocycles. The maximum absolute atomic E-state index is 8.73. The van der Waals surface area contributed by atoms with Crippen molar-refractivity contribution in [3.63, 3.8) is 0 Å². The summed E-state index contributed by atoms with van der Waals surface area (Å²) in [5.74, 6) is 0.591. The zero-order valence-electron chi connectivity index (χ0n) is 10.3. The quantitative estimate of drug-likeness (QED) is 0.817. The number of rotatable bonds is 5. The van der Waals surface area contributed by atoms with Crippen LogP contribution in [0.15, 0.2) is 34.9 Å². The number of aromatic nitrogens is 1. The van der Waals surface area contributed by atoms with Crippen molar-refractivity contribution in [2.75, 3.05) is 6.54 Å². The lowest BCUT2D eigenvalue weighted by molar-refractivity contribution is 0.570. The average molecular weight is 241 g/mol. The van der Waals surface area contributed by atoms with Crippen LogP contribution in [0.5, 0.6) is 0 Å². The molecule has 4 heteroatoms. The molecule has 2 rings (SSSR count). The summed E-state index contributed by atoms with van der Waals surface area (Å²) in [4.78, 5) is 4.40. The van der Waals surface area contributed by atoms with Crippen LogP contribution in [0.25, 0.3) is 11.5 Å². The van der Waals surface area contributed by atoms with Crippen molar-refractivity contribution in [2.24, 2.45) is 0 Å². The molecule has 1 aromatic heterocycles. The summed E-state index contributed by atoms with van der Waals surface area (Å²) in [6.07, 6.45) is 2.76. The van der Waals surface area contributed by atoms with Crippen molar-refractivity contribution in [3.05, 3.63) is 41.8 Å². The van der Waals surface area contributed by atoms with Gasteiger partial charge in [0, 0.05) is 12.1 Å². The van der Waals surface area contributed by atoms with E-state index in [1.165, 1.54) is 0 Å². The second kappa shape index (κ2) is 5.99. The van der Waals surface area contributed by atoms with Gasteiger partial charge in [-0.15, -0.1) is 0 Å². The van der Waals surface area contributed by atoms with Crippen LogP contribution in [0, 0.1) is 11.3 Å². The molecule has 0 aliphatic carbocycles. The molecule has 2 aromatic rings. The van der Waals surface area contributed by atoms with Crippen LogP contribution in [0.1, 0.15) is 24.6 Å². The number of hydrogen-bond acceptors (Lipinski definition) is 4. The van der Waals surface area contributed by atoms with Crippen molar-refractivity contribution in [1.29, 1.82) is 5.26 Å². The molecule has 0 amide bonds. The second-order valence-electron chi connectivity index (χ2n) is 4.01. The van der Waals surface area contributed by atoms with Gasteiger partial charge in [0.2, 0.25) is 5.89 Å². The van der Waals surface area contributed by atoms with Gasteiger partial charge in [-0.3, -0.25) is 0 Å². The lowest BCUT2D eigenvalue weighted by Crippen LogP contribution is -2.13. The third-order valence-corrected chi connectivity index (χ3v) is 2.55. The van der Waals surface area contributed by atoms with Gasteiger partial charge in [-0.1, -0.05) is 6.92 Å². The highest BCUT2D eigenvalue weighted by molar-refractivity contribution is 5.54. The van der Waals surface area contributed by atoms with Crippen molar-refractivity contribution in [1.82, 2.24) is 10.3 Å². The van der Waals surface area contributed by atoms with Gasteiger partial charge in [-0.2, -0.15) is 5.26 Å². The van der Waals surface area contributed by atoms with Gasteiger partial charge in [0.15, 0.2) is 0 Å². The highest BCUT2D eigenvalue weighted by atomic mass is 16.3. The van der Waals surface area contributed by atoms with Gasteiger partial charge < -0.3 is 9.73 Å². The maximum atomic E-state index is 8.73. The van der Waals surface area contributed by atoms with E-state index in [9.17, 15) is 0 Å². The van der Waals surface area contributed by atoms with Crippen molar-refractivity contribution < 1.29 is 4.42 Å². The molecule has 0 radical (unpaired) electrons. The molecular weight excluding hydrogens is 226 g/mol. The van der Waals surface area contributed by atoms with E-state index in [2.05, 4.69) is 23.3 Å². The molecule has 0 saturated heterocycles. The predicted octanol–water partition coefficient (Wildman–Crippen LogP) is 2.71. The normalized spacial score (nSPS) is 10.2. The fourth-order valence-corrected chi connectivity index (χ4v) is 1.60. The SMILES string of the molecule is CCCNCc1coc(-c2ccc(C#N)cc2)n1. The van der Waals surface area contributed by atoms with Gasteiger partial charge >= 0.3 is 0 Å². The number of nitrogens with zero attached hydrogens (tertiary/aromatic N) is 2. The number of hydrogen-bond donors (Lipinski definition) is 1. The van der Waals surface area contributed by atoms with E-state index in [0.29, 0.717) is 18.0 Å². The molecule has 0 spiro atoms. The molecule has 4 nitrogen and oxygen atoms in total. The Morgan fingerprint density at radius 2 is 2.11 bits per heavy atom. The molecule has 0 aliphatic rings. The molecule has 0 fully saturated rings. The molecule has 1 N–H and O–H groups in total. The first kappa shape index (κ1) is 12.3. The van der Waals surface area contributed by atoms with Crippen molar-refractivity contribution in [3.8, 4) is 17.5 Å². The van der Waals surface area contributed by atoms with Crippen LogP contribution in [0.4, 0.5) is 0 Å². The molecule has 1 aromatic carbocycles. The molecule has 0 bridgehead atoms.